The highest BCUT2D eigenvalue weighted by Crippen LogP contribution is 2.35. The average molecular weight is 154 g/mol. The van der Waals surface area contributed by atoms with Gasteiger partial charge in [0.05, 0.1) is 5.29 Å². The van der Waals surface area contributed by atoms with Gasteiger partial charge in [-0.25, -0.2) is 0 Å². The third-order valence-corrected chi connectivity index (χ3v) is 3.07. The molecule has 2 fully saturated rings. The Morgan fingerprint density at radius 3 is 2.09 bits per heavy atom. The minimum absolute atomic E-state index is 0.779. The van der Waals surface area contributed by atoms with Gasteiger partial charge in [-0.2, -0.15) is 0 Å². The third-order valence-electron chi connectivity index (χ3n) is 3.07. The van der Waals surface area contributed by atoms with Crippen LogP contribution in [0.4, 0.5) is 0 Å². The number of nitrogens with zero attached hydrogens (tertiary/aromatic N) is 2. The molecule has 2 rings (SSSR count). The van der Waals surface area contributed by atoms with Crippen LogP contribution in [-0.2, 0) is 0 Å². The summed E-state index contributed by atoms with van der Waals surface area (Å²) in [5, 5.41) is 4.69. The van der Waals surface area contributed by atoms with E-state index in [1.165, 1.54) is 25.7 Å². The topological polar surface area (TPSA) is 32.7 Å². The lowest BCUT2D eigenvalue weighted by atomic mass is 9.82. The summed E-state index contributed by atoms with van der Waals surface area (Å²) in [7, 11) is 0. The molecule has 11 heavy (non-hydrogen) atoms. The Labute approximate surface area is 66.7 Å². The Hall–Kier alpha value is -0.600. The summed E-state index contributed by atoms with van der Waals surface area (Å²) in [5.41, 5.74) is 0. The Morgan fingerprint density at radius 2 is 1.64 bits per heavy atom. The van der Waals surface area contributed by atoms with Crippen molar-refractivity contribution in [2.24, 2.45) is 17.1 Å². The second-order valence-corrected chi connectivity index (χ2v) is 3.76. The summed E-state index contributed by atoms with van der Waals surface area (Å²) in [4.78, 5) is 10.2. The van der Waals surface area contributed by atoms with E-state index in [0.717, 1.165) is 24.9 Å². The van der Waals surface area contributed by atoms with E-state index in [4.69, 9.17) is 0 Å². The van der Waals surface area contributed by atoms with Gasteiger partial charge in [0.15, 0.2) is 0 Å². The van der Waals surface area contributed by atoms with Crippen molar-refractivity contribution < 1.29 is 0 Å². The average Bonchev–Trinajstić information content (AvgIpc) is 2.46. The lowest BCUT2D eigenvalue weighted by Gasteiger charge is -2.22. The molecular weight excluding hydrogens is 140 g/mol. The maximum atomic E-state index is 10.2. The number of fused-ring (bicyclic) bond motifs is 1. The zero-order valence-corrected chi connectivity index (χ0v) is 6.70. The predicted octanol–water partition coefficient (Wildman–Crippen LogP) is 1.79. The molecule has 0 amide bonds. The summed E-state index contributed by atoms with van der Waals surface area (Å²) in [6.07, 6.45) is 5.34. The van der Waals surface area contributed by atoms with Gasteiger partial charge in [-0.3, -0.25) is 5.01 Å². The highest BCUT2D eigenvalue weighted by Gasteiger charge is 2.34. The highest BCUT2D eigenvalue weighted by molar-refractivity contribution is 4.84. The van der Waals surface area contributed by atoms with Crippen LogP contribution in [0.5, 0.6) is 0 Å². The molecule has 0 radical (unpaired) electrons. The summed E-state index contributed by atoms with van der Waals surface area (Å²) in [5.74, 6) is 1.56. The largest absolute Gasteiger partial charge is 0.260 e. The molecule has 1 aliphatic carbocycles. The minimum atomic E-state index is 0.779. The molecule has 0 N–H and O–H groups in total. The molecule has 0 aromatic rings. The van der Waals surface area contributed by atoms with Gasteiger partial charge < -0.3 is 0 Å². The Kier molecular flexibility index (Phi) is 1.80. The second kappa shape index (κ2) is 2.80. The van der Waals surface area contributed by atoms with E-state index in [-0.39, 0.29) is 0 Å². The minimum Gasteiger partial charge on any atom is -0.260 e. The zero-order valence-electron chi connectivity index (χ0n) is 6.70. The molecule has 3 heteroatoms. The molecule has 1 saturated heterocycles. The molecule has 0 spiro atoms. The van der Waals surface area contributed by atoms with Crippen molar-refractivity contribution in [3.05, 3.63) is 4.91 Å². The molecule has 2 aliphatic rings. The molecule has 3 nitrogen and oxygen atoms in total. The van der Waals surface area contributed by atoms with E-state index >= 15 is 0 Å². The first-order valence-electron chi connectivity index (χ1n) is 4.48. The molecule has 0 bridgehead atoms. The van der Waals surface area contributed by atoms with Crippen molar-refractivity contribution in [2.45, 2.75) is 25.7 Å². The van der Waals surface area contributed by atoms with Gasteiger partial charge in [0, 0.05) is 13.1 Å². The summed E-state index contributed by atoms with van der Waals surface area (Å²) in [6, 6.07) is 0. The van der Waals surface area contributed by atoms with Crippen molar-refractivity contribution in [3.8, 4) is 0 Å². The van der Waals surface area contributed by atoms with Gasteiger partial charge in [0.2, 0.25) is 0 Å². The third kappa shape index (κ3) is 1.24. The highest BCUT2D eigenvalue weighted by atomic mass is 16.3. The van der Waals surface area contributed by atoms with E-state index in [0.29, 0.717) is 0 Å². The van der Waals surface area contributed by atoms with Crippen LogP contribution in [0, 0.1) is 16.7 Å². The molecule has 2 unspecified atom stereocenters. The van der Waals surface area contributed by atoms with Crippen LogP contribution in [-0.4, -0.2) is 18.1 Å². The number of rotatable bonds is 1. The molecule has 0 aromatic carbocycles. The summed E-state index contributed by atoms with van der Waals surface area (Å²) >= 11 is 0. The van der Waals surface area contributed by atoms with Crippen molar-refractivity contribution in [1.29, 1.82) is 0 Å². The quantitative estimate of drug-likeness (QED) is 0.539. The second-order valence-electron chi connectivity index (χ2n) is 3.76. The van der Waals surface area contributed by atoms with Crippen LogP contribution in [0.15, 0.2) is 5.29 Å². The first kappa shape index (κ1) is 7.07. The Morgan fingerprint density at radius 1 is 1.09 bits per heavy atom. The van der Waals surface area contributed by atoms with Gasteiger partial charge in [-0.15, -0.1) is 4.91 Å². The molecule has 0 aromatic heterocycles. The van der Waals surface area contributed by atoms with Gasteiger partial charge in [0.1, 0.15) is 0 Å². The Balaban J connectivity index is 1.97. The van der Waals surface area contributed by atoms with Gasteiger partial charge in [-0.1, -0.05) is 12.8 Å². The molecule has 1 aliphatic heterocycles. The zero-order chi connectivity index (χ0) is 7.68. The van der Waals surface area contributed by atoms with Crippen molar-refractivity contribution in [2.75, 3.05) is 13.1 Å². The predicted molar refractivity (Wildman–Crippen MR) is 42.8 cm³/mol. The lowest BCUT2D eigenvalue weighted by molar-refractivity contribution is 0.299. The molecule has 1 heterocycles. The number of hydrogen-bond donors (Lipinski definition) is 0. The van der Waals surface area contributed by atoms with Gasteiger partial charge in [-0.05, 0) is 24.7 Å². The van der Waals surface area contributed by atoms with E-state index < -0.39 is 0 Å². The lowest BCUT2D eigenvalue weighted by Crippen LogP contribution is -2.16. The number of nitroso groups, excluding NO2 is 1. The number of hydrogen-bond acceptors (Lipinski definition) is 2. The summed E-state index contributed by atoms with van der Waals surface area (Å²) < 4.78 is 0. The van der Waals surface area contributed by atoms with Crippen LogP contribution in [0.3, 0.4) is 0 Å². The molecule has 1 saturated carbocycles. The van der Waals surface area contributed by atoms with Crippen LogP contribution < -0.4 is 0 Å². The van der Waals surface area contributed by atoms with Crippen LogP contribution in [0.1, 0.15) is 25.7 Å². The van der Waals surface area contributed by atoms with Crippen molar-refractivity contribution in [1.82, 2.24) is 5.01 Å². The van der Waals surface area contributed by atoms with Crippen molar-refractivity contribution >= 4 is 0 Å². The fourth-order valence-electron chi connectivity index (χ4n) is 2.45. The van der Waals surface area contributed by atoms with E-state index in [2.05, 4.69) is 5.29 Å². The van der Waals surface area contributed by atoms with Gasteiger partial charge >= 0.3 is 0 Å². The van der Waals surface area contributed by atoms with Crippen LogP contribution >= 0.6 is 0 Å². The van der Waals surface area contributed by atoms with Gasteiger partial charge in [0.25, 0.3) is 0 Å². The van der Waals surface area contributed by atoms with Crippen LogP contribution in [0.25, 0.3) is 0 Å². The first-order chi connectivity index (χ1) is 5.40. The van der Waals surface area contributed by atoms with Crippen molar-refractivity contribution in [3.63, 3.8) is 0 Å². The SMILES string of the molecule is O=NN1CC2CCCCC2C1. The normalized spacial score (nSPS) is 36.9. The molecule has 62 valence electrons. The van der Waals surface area contributed by atoms with E-state index in [1.807, 2.05) is 0 Å². The Bertz CT molecular complexity index is 146. The fraction of sp³-hybridized carbons (Fsp3) is 1.00. The summed E-state index contributed by atoms with van der Waals surface area (Å²) in [6.45, 7) is 1.85. The van der Waals surface area contributed by atoms with Crippen LogP contribution in [0.2, 0.25) is 0 Å². The smallest absolute Gasteiger partial charge is 0.0524 e. The first-order valence-corrected chi connectivity index (χ1v) is 4.48. The fourth-order valence-corrected chi connectivity index (χ4v) is 2.45. The monoisotopic (exact) mass is 154 g/mol. The maximum Gasteiger partial charge on any atom is 0.0524 e. The maximum absolute atomic E-state index is 10.2. The van der Waals surface area contributed by atoms with E-state index in [9.17, 15) is 4.91 Å². The van der Waals surface area contributed by atoms with E-state index in [1.54, 1.807) is 5.01 Å². The molecular formula is C8H14N2O. The standard InChI is InChI=1S/C8H14N2O/c11-9-10-5-7-3-1-2-4-8(7)6-10/h7-8H,1-6H2. The molecule has 2 atom stereocenters.